The molecule has 1 aromatic rings. The molecule has 0 saturated carbocycles. The van der Waals surface area contributed by atoms with Crippen LogP contribution in [-0.2, 0) is 6.54 Å². The molecule has 3 heterocycles. The zero-order chi connectivity index (χ0) is 22.4. The zero-order valence-corrected chi connectivity index (χ0v) is 19.3. The average molecular weight is 449 g/mol. The highest BCUT2D eigenvalue weighted by atomic mass is 35.5. The highest BCUT2D eigenvalue weighted by Crippen LogP contribution is 2.36. The number of carbonyl (C=O) groups excluding carboxylic acids is 1. The molecule has 1 aliphatic carbocycles. The molecular formula is C22H33ClN6O2. The largest absolute Gasteiger partial charge is 0.394 e. The number of allylic oxidation sites excluding steroid dienone is 3. The van der Waals surface area contributed by atoms with Crippen molar-refractivity contribution in [1.82, 2.24) is 20.2 Å². The van der Waals surface area contributed by atoms with Crippen LogP contribution in [0.1, 0.15) is 52.0 Å². The highest BCUT2D eigenvalue weighted by molar-refractivity contribution is 6.32. The van der Waals surface area contributed by atoms with Crippen LogP contribution in [0.3, 0.4) is 0 Å². The normalized spacial score (nSPS) is 20.2. The summed E-state index contributed by atoms with van der Waals surface area (Å²) in [6.07, 6.45) is 9.25. The maximum Gasteiger partial charge on any atom is 0.330 e. The fraction of sp³-hybridized carbons (Fsp3) is 0.591. The number of rotatable bonds is 5. The van der Waals surface area contributed by atoms with Crippen LogP contribution in [0.5, 0.6) is 0 Å². The average Bonchev–Trinajstić information content (AvgIpc) is 2.81. The fourth-order valence-electron chi connectivity index (χ4n) is 3.97. The molecule has 2 aliphatic heterocycles. The predicted molar refractivity (Wildman–Crippen MR) is 124 cm³/mol. The third-order valence-electron chi connectivity index (χ3n) is 5.52. The number of piperidine rings is 1. The third-order valence-corrected chi connectivity index (χ3v) is 5.87. The topological polar surface area (TPSA) is 93.6 Å². The van der Waals surface area contributed by atoms with Crippen LogP contribution in [0.25, 0.3) is 0 Å². The van der Waals surface area contributed by atoms with Crippen molar-refractivity contribution in [3.63, 3.8) is 0 Å². The first kappa shape index (κ1) is 23.5. The van der Waals surface area contributed by atoms with Crippen LogP contribution in [0, 0.1) is 0 Å². The van der Waals surface area contributed by atoms with E-state index in [-0.39, 0.29) is 24.7 Å². The summed E-state index contributed by atoms with van der Waals surface area (Å²) in [5.74, 6) is 1.07. The van der Waals surface area contributed by atoms with Gasteiger partial charge in [0.2, 0.25) is 5.95 Å². The molecule has 31 heavy (non-hydrogen) atoms. The van der Waals surface area contributed by atoms with E-state index in [0.29, 0.717) is 23.3 Å². The molecule has 0 spiro atoms. The van der Waals surface area contributed by atoms with Gasteiger partial charge in [-0.1, -0.05) is 37.6 Å². The number of carbonyl (C=O) groups is 1. The highest BCUT2D eigenvalue weighted by Gasteiger charge is 2.39. The lowest BCUT2D eigenvalue weighted by molar-refractivity contribution is 0.208. The number of hydrogen-bond donors (Lipinski definition) is 3. The summed E-state index contributed by atoms with van der Waals surface area (Å²) in [5, 5.41) is 16.4. The Bertz CT molecular complexity index is 837. The lowest BCUT2D eigenvalue weighted by Crippen LogP contribution is -2.54. The fourth-order valence-corrected chi connectivity index (χ4v) is 4.25. The Kier molecular flexibility index (Phi) is 8.28. The molecule has 0 aromatic carbocycles. The van der Waals surface area contributed by atoms with Gasteiger partial charge in [-0.3, -0.25) is 9.80 Å². The van der Waals surface area contributed by atoms with Gasteiger partial charge in [0, 0.05) is 23.8 Å². The minimum atomic E-state index is -0.174. The number of halogens is 1. The Morgan fingerprint density at radius 1 is 1.29 bits per heavy atom. The number of fused-ring (bicyclic) bond motifs is 1. The molecule has 1 atom stereocenters. The summed E-state index contributed by atoms with van der Waals surface area (Å²) in [6, 6.07) is -0.202. The van der Waals surface area contributed by atoms with Crippen molar-refractivity contribution >= 4 is 29.4 Å². The van der Waals surface area contributed by atoms with E-state index in [2.05, 4.69) is 20.6 Å². The zero-order valence-electron chi connectivity index (χ0n) is 18.6. The van der Waals surface area contributed by atoms with Gasteiger partial charge < -0.3 is 15.7 Å². The second-order valence-electron chi connectivity index (χ2n) is 7.71. The monoisotopic (exact) mass is 448 g/mol. The predicted octanol–water partition coefficient (Wildman–Crippen LogP) is 3.59. The molecule has 0 bridgehead atoms. The van der Waals surface area contributed by atoms with E-state index in [1.165, 1.54) is 0 Å². The molecule has 3 aliphatic rings. The molecule has 1 unspecified atom stereocenters. The Hall–Kier alpha value is -2.16. The number of aliphatic hydroxyl groups excluding tert-OH is 1. The summed E-state index contributed by atoms with van der Waals surface area (Å²) >= 11 is 6.45. The molecule has 0 radical (unpaired) electrons. The first-order chi connectivity index (χ1) is 15.1. The Morgan fingerprint density at radius 2 is 2.00 bits per heavy atom. The number of hydrogen-bond acceptors (Lipinski definition) is 6. The van der Waals surface area contributed by atoms with Crippen LogP contribution in [0.15, 0.2) is 29.1 Å². The van der Waals surface area contributed by atoms with Crippen LogP contribution in [-0.4, -0.2) is 57.8 Å². The Morgan fingerprint density at radius 3 is 2.68 bits per heavy atom. The van der Waals surface area contributed by atoms with Crippen molar-refractivity contribution in [2.45, 2.75) is 65.1 Å². The number of aromatic nitrogens is 2. The van der Waals surface area contributed by atoms with Crippen molar-refractivity contribution in [2.75, 3.05) is 29.9 Å². The molecule has 1 saturated heterocycles. The van der Waals surface area contributed by atoms with Gasteiger partial charge in [-0.15, -0.1) is 0 Å². The number of nitrogens with zero attached hydrogens (tertiary/aromatic N) is 4. The summed E-state index contributed by atoms with van der Waals surface area (Å²) in [5.41, 5.74) is 1.66. The minimum Gasteiger partial charge on any atom is -0.394 e. The third kappa shape index (κ3) is 5.19. The Labute approximate surface area is 189 Å². The van der Waals surface area contributed by atoms with Crippen LogP contribution in [0.4, 0.5) is 16.6 Å². The van der Waals surface area contributed by atoms with Gasteiger partial charge in [0.05, 0.1) is 23.9 Å². The van der Waals surface area contributed by atoms with E-state index < -0.39 is 0 Å². The van der Waals surface area contributed by atoms with E-state index in [1.54, 1.807) is 11.1 Å². The smallest absolute Gasteiger partial charge is 0.330 e. The van der Waals surface area contributed by atoms with Gasteiger partial charge in [-0.2, -0.15) is 4.98 Å². The van der Waals surface area contributed by atoms with Crippen molar-refractivity contribution in [3.8, 4) is 0 Å². The van der Waals surface area contributed by atoms with Crippen molar-refractivity contribution in [1.29, 1.82) is 0 Å². The lowest BCUT2D eigenvalue weighted by Gasteiger charge is -2.42. The molecule has 3 N–H and O–H groups in total. The van der Waals surface area contributed by atoms with Gasteiger partial charge in [-0.05, 0) is 45.7 Å². The first-order valence-electron chi connectivity index (χ1n) is 11.2. The Balaban J connectivity index is 0.00000132. The number of amides is 2. The van der Waals surface area contributed by atoms with Crippen LogP contribution in [0.2, 0.25) is 0 Å². The van der Waals surface area contributed by atoms with E-state index in [0.717, 1.165) is 50.0 Å². The van der Waals surface area contributed by atoms with Crippen molar-refractivity contribution in [2.24, 2.45) is 0 Å². The second-order valence-corrected chi connectivity index (χ2v) is 8.12. The van der Waals surface area contributed by atoms with E-state index in [9.17, 15) is 9.90 Å². The van der Waals surface area contributed by atoms with Crippen molar-refractivity contribution in [3.05, 3.63) is 34.6 Å². The molecule has 9 heteroatoms. The number of anilines is 2. The van der Waals surface area contributed by atoms with E-state index in [1.807, 2.05) is 37.8 Å². The summed E-state index contributed by atoms with van der Waals surface area (Å²) in [4.78, 5) is 26.2. The summed E-state index contributed by atoms with van der Waals surface area (Å²) in [7, 11) is 0. The minimum absolute atomic E-state index is 0.0237. The molecule has 2 amide bonds. The lowest BCUT2D eigenvalue weighted by atomic mass is 10.0. The molecule has 1 fully saturated rings. The molecule has 8 nitrogen and oxygen atoms in total. The van der Waals surface area contributed by atoms with Gasteiger partial charge in [0.15, 0.2) is 0 Å². The number of nitrogens with one attached hydrogen (secondary N) is 2. The first-order valence-corrected chi connectivity index (χ1v) is 11.6. The van der Waals surface area contributed by atoms with E-state index in [4.69, 9.17) is 11.6 Å². The number of aliphatic hydroxyl groups is 1. The molecule has 170 valence electrons. The quantitative estimate of drug-likeness (QED) is 0.637. The maximum atomic E-state index is 13.6. The van der Waals surface area contributed by atoms with Gasteiger partial charge in [0.25, 0.3) is 0 Å². The standard InChI is InChI=1S/C20H27ClN6O2.C2H6/c1-13(12-28)24-19-23-10-14-11-26(17-5-3-2-4-16(17)21)20(29)27(18(14)25-19)15-6-8-22-9-7-15;1-2/h4-5,10,13,15,22,28H,2-3,6-9,11-12H2,1H3,(H,23,24,25);1-2H3. The molecule has 4 rings (SSSR count). The van der Waals surface area contributed by atoms with Crippen LogP contribution >= 0.6 is 11.6 Å². The molecular weight excluding hydrogens is 416 g/mol. The van der Waals surface area contributed by atoms with E-state index >= 15 is 0 Å². The number of urea groups is 1. The maximum absolute atomic E-state index is 13.6. The van der Waals surface area contributed by atoms with Gasteiger partial charge in [0.1, 0.15) is 5.82 Å². The van der Waals surface area contributed by atoms with Crippen LogP contribution < -0.4 is 15.5 Å². The van der Waals surface area contributed by atoms with Crippen molar-refractivity contribution < 1.29 is 9.90 Å². The van der Waals surface area contributed by atoms with Gasteiger partial charge >= 0.3 is 6.03 Å². The van der Waals surface area contributed by atoms with Gasteiger partial charge in [-0.25, -0.2) is 9.78 Å². The second kappa shape index (κ2) is 10.9. The summed E-state index contributed by atoms with van der Waals surface area (Å²) in [6.45, 7) is 7.95. The molecule has 1 aromatic heterocycles. The SMILES string of the molecule is CC.CC(CO)Nc1ncc2c(n1)N(C1CCNCC1)C(=O)N(C1=CCCC=C1Cl)C2. The summed E-state index contributed by atoms with van der Waals surface area (Å²) < 4.78 is 0.